The van der Waals surface area contributed by atoms with Gasteiger partial charge < -0.3 is 114 Å². The van der Waals surface area contributed by atoms with Gasteiger partial charge in [0.1, 0.15) is 85.9 Å². The van der Waals surface area contributed by atoms with Crippen molar-refractivity contribution in [2.45, 2.75) is 262 Å². The van der Waals surface area contributed by atoms with Gasteiger partial charge in [0.15, 0.2) is 68.1 Å². The van der Waals surface area contributed by atoms with Crippen LogP contribution in [0.3, 0.4) is 0 Å². The molecule has 15 rings (SSSR count). The summed E-state index contributed by atoms with van der Waals surface area (Å²) in [5, 5.41) is -2.19. The molecule has 0 N–H and O–H groups in total. The molecule has 5 saturated heterocycles. The number of ether oxygens (including phenoxy) is 24. The lowest BCUT2D eigenvalue weighted by Crippen LogP contribution is -2.72. The van der Waals surface area contributed by atoms with Gasteiger partial charge in [-0.1, -0.05) is 289 Å². The maximum absolute atomic E-state index is 17.0. The minimum Gasteiger partial charge on any atom is -0.463 e. The number of hydrogen-bond donors (Lipinski definition) is 0. The Morgan fingerprint density at radius 2 is 0.514 bits per heavy atom. The number of esters is 7. The Morgan fingerprint density at radius 1 is 0.253 bits per heavy atom. The average Bonchev–Trinajstić information content (AvgIpc) is 1.54. The zero-order valence-corrected chi connectivity index (χ0v) is 84.0. The molecule has 0 radical (unpaired) electrons. The molecule has 6 heterocycles. The summed E-state index contributed by atoms with van der Waals surface area (Å²) in [5.41, 5.74) is 4.00. The summed E-state index contributed by atoms with van der Waals surface area (Å²) in [6, 6.07) is 70.4. The first kappa shape index (κ1) is 109. The van der Waals surface area contributed by atoms with Gasteiger partial charge in [-0.15, -0.1) is 0 Å². The number of rotatable bonds is 44. The molecule has 38 heteroatoms. The van der Waals surface area contributed by atoms with Gasteiger partial charge in [0.25, 0.3) is 11.8 Å². The maximum atomic E-state index is 17.0. The van der Waals surface area contributed by atoms with Crippen molar-refractivity contribution in [3.8, 4) is 0 Å². The Kier molecular flexibility index (Phi) is 39.3. The largest absolute Gasteiger partial charge is 0.463 e. The van der Waals surface area contributed by atoms with Crippen molar-refractivity contribution in [1.29, 1.82) is 0 Å². The van der Waals surface area contributed by atoms with Crippen LogP contribution in [0.4, 0.5) is 0 Å². The van der Waals surface area contributed by atoms with Crippen LogP contribution < -0.4 is 0 Å². The van der Waals surface area contributed by atoms with Crippen molar-refractivity contribution < 1.29 is 157 Å². The summed E-state index contributed by atoms with van der Waals surface area (Å²) in [7, 11) is 0. The quantitative estimate of drug-likeness (QED) is 0.0112. The highest BCUT2D eigenvalue weighted by Gasteiger charge is 2.65. The molecule has 0 unspecified atom stereocenters. The zero-order chi connectivity index (χ0) is 103. The van der Waals surface area contributed by atoms with Crippen LogP contribution in [0.15, 0.2) is 243 Å². The number of fused-ring (bicyclic) bond motifs is 1. The molecule has 9 aromatic rings. The number of halogens is 4. The molecule has 5 fully saturated rings. The molecule has 9 aromatic carbocycles. The normalized spacial score (nSPS) is 27.6. The van der Waals surface area contributed by atoms with E-state index in [1.807, 2.05) is 152 Å². The zero-order valence-electron chi connectivity index (χ0n) is 80.9. The molecule has 2 amide bonds. The van der Waals surface area contributed by atoms with Crippen LogP contribution in [-0.2, 0) is 200 Å². The van der Waals surface area contributed by atoms with E-state index < -0.39 is 258 Å². The fraction of sp³-hybridized carbons (Fsp3) is 0.417. The SMILES string of the molecule is CC(=O)OC[C@H]1O[C@@H](O[C@H]2[C@H](O[C@@H]3O[C@@H](C)[C@@H](OC(C)=O)[C@@H](OC(C)=O)[C@@H]3OCc3ccccc3)[C@@H](N3C(=O)c4c(Cl)c(Cl)c(Cl)c(Cl)c4C3=O)[C@H](O[C@H]3[C@@H](OC(C)=O)[C@@H](COCc4ccccc4)O[C@@H](O[C@H]4[C@H](OCc5ccccc5)[C@@H](OCc5ccccc5)[C@H](OCc5ccccc5)O[C@@H]4COCc4ccccc4)[C@@H]3OCc3ccccc3)O[C@@H]2COCc2ccccc2)[C@H](OC(C)=O)[C@@H](OC(C)=O)[C@H]1OC(C)=O. The molecular formula is C108H113Cl4NO33. The third kappa shape index (κ3) is 28.5. The van der Waals surface area contributed by atoms with Crippen LogP contribution in [0.25, 0.3) is 0 Å². The molecule has 0 saturated carbocycles. The smallest absolute Gasteiger partial charge is 0.303 e. The van der Waals surface area contributed by atoms with Crippen LogP contribution in [-0.4, -0.2) is 238 Å². The lowest BCUT2D eigenvalue weighted by Gasteiger charge is -2.54. The number of nitrogens with zero attached hydrogens (tertiary/aromatic N) is 1. The van der Waals surface area contributed by atoms with Crippen molar-refractivity contribution in [2.75, 3.05) is 26.4 Å². The highest BCUT2D eigenvalue weighted by Crippen LogP contribution is 2.50. The summed E-state index contributed by atoms with van der Waals surface area (Å²) in [6.45, 7) is 5.33. The Bertz CT molecular complexity index is 5760. The van der Waals surface area contributed by atoms with Gasteiger partial charge in [-0.3, -0.25) is 48.1 Å². The third-order valence-electron chi connectivity index (χ3n) is 24.6. The molecule has 0 aromatic heterocycles. The summed E-state index contributed by atoms with van der Waals surface area (Å²) in [4.78, 5) is 132. The summed E-state index contributed by atoms with van der Waals surface area (Å²) >= 11 is 28.5. The minimum atomic E-state index is -2.43. The number of benzene rings is 9. The van der Waals surface area contributed by atoms with Crippen molar-refractivity contribution >= 4 is 100 Å². The van der Waals surface area contributed by atoms with E-state index >= 15 is 9.59 Å². The number of amides is 2. The van der Waals surface area contributed by atoms with Crippen LogP contribution in [0.2, 0.25) is 20.1 Å². The highest BCUT2D eigenvalue weighted by molar-refractivity contribution is 6.55. The Morgan fingerprint density at radius 3 is 0.890 bits per heavy atom. The van der Waals surface area contributed by atoms with Crippen LogP contribution >= 0.6 is 46.4 Å². The predicted molar refractivity (Wildman–Crippen MR) is 519 cm³/mol. The van der Waals surface area contributed by atoms with E-state index in [0.29, 0.717) is 32.7 Å². The monoisotopic (exact) mass is 2090 g/mol. The van der Waals surface area contributed by atoms with Gasteiger partial charge in [0.05, 0.1) is 110 Å². The second-order valence-corrected chi connectivity index (χ2v) is 36.9. The third-order valence-corrected chi connectivity index (χ3v) is 26.4. The van der Waals surface area contributed by atoms with Gasteiger partial charge in [-0.25, -0.2) is 0 Å². The molecule has 6 aliphatic rings. The highest BCUT2D eigenvalue weighted by atomic mass is 35.5. The lowest BCUT2D eigenvalue weighted by atomic mass is 9.92. The molecule has 0 aliphatic carbocycles. The van der Waals surface area contributed by atoms with E-state index in [0.717, 1.165) is 65.2 Å². The van der Waals surface area contributed by atoms with E-state index in [4.69, 9.17) is 160 Å². The molecule has 0 bridgehead atoms. The van der Waals surface area contributed by atoms with Gasteiger partial charge in [-0.05, 0) is 51.4 Å². The van der Waals surface area contributed by atoms with Crippen molar-refractivity contribution in [2.24, 2.45) is 0 Å². The van der Waals surface area contributed by atoms with Crippen LogP contribution in [0.5, 0.6) is 0 Å². The molecular weight excluding hydrogens is 1980 g/mol. The predicted octanol–water partition coefficient (Wildman–Crippen LogP) is 14.8. The van der Waals surface area contributed by atoms with E-state index in [1.54, 1.807) is 91.0 Å². The number of hydrogen-bond acceptors (Lipinski definition) is 33. The van der Waals surface area contributed by atoms with Crippen molar-refractivity contribution in [1.82, 2.24) is 4.90 Å². The Balaban J connectivity index is 0.981. The van der Waals surface area contributed by atoms with Gasteiger partial charge in [-0.2, -0.15) is 0 Å². The summed E-state index contributed by atoms with van der Waals surface area (Å²) in [6.07, 6.45) is -43.2. The van der Waals surface area contributed by atoms with Crippen molar-refractivity contribution in [3.05, 3.63) is 318 Å². The molecule has 146 heavy (non-hydrogen) atoms. The topological polar surface area (TPSA) is 378 Å². The Labute approximate surface area is 863 Å². The number of imide groups is 1. The van der Waals surface area contributed by atoms with E-state index in [9.17, 15) is 33.6 Å². The Hall–Kier alpha value is -11.1. The fourth-order valence-electron chi connectivity index (χ4n) is 18.1. The first-order valence-electron chi connectivity index (χ1n) is 47.5. The minimum absolute atomic E-state index is 0.00444. The standard InChI is InChI=1S/C108H113Cl4NO33/c1-61-88(133-63(3)115)95(136-66(6)118)99(129-54-74-43-27-14-28-44-74)106(132-61)145-93-87(113-102(121)81-82(103(113)122)84(110)86(112)85(111)83(81)109)104(139-77(57-123-49-69-33-17-9-18-34-69)89(93)143-108-101(138-68(8)120)97(137-67(7)119)92(135-65(5)117)80(142-108)60-126-62(2)114)146-96-91(134-64(4)116)79(59-125-51-71-37-21-11-22-38-71)141-107(100(96)130-55-75-45-29-15-30-46-75)144-90-78(58-124-50-70-35-19-10-20-36-70)140-105(131-56-76-47-31-16-32-48-76)98(128-53-73-41-25-13-26-42-73)94(90)127-52-72-39-23-12-24-40-72/h9-48,61,77-80,87-101,104-108H,49-60H2,1-8H3/t61-,77+,78+,79+,80+,87+,88+,89+,90+,91-,92-,93+,94-,95+,96-,97-,98+,99-,100+,101+,104-,105+,106-,107-,108-/m0/s1. The van der Waals surface area contributed by atoms with Gasteiger partial charge >= 0.3 is 41.8 Å². The average molecular weight is 2090 g/mol. The fourth-order valence-corrected chi connectivity index (χ4v) is 19.1. The number of carbonyl (C=O) groups excluding carboxylic acids is 9. The molecule has 0 spiro atoms. The lowest BCUT2D eigenvalue weighted by molar-refractivity contribution is -0.401. The molecule has 6 aliphatic heterocycles. The second-order valence-electron chi connectivity index (χ2n) is 35.4. The summed E-state index contributed by atoms with van der Waals surface area (Å²) < 4.78 is 166. The van der Waals surface area contributed by atoms with E-state index in [-0.39, 0.29) is 59.5 Å². The van der Waals surface area contributed by atoms with E-state index in [1.165, 1.54) is 6.92 Å². The molecule has 34 nitrogen and oxygen atoms in total. The van der Waals surface area contributed by atoms with Crippen molar-refractivity contribution in [3.63, 3.8) is 0 Å². The summed E-state index contributed by atoms with van der Waals surface area (Å²) in [5.74, 6) is -9.47. The van der Waals surface area contributed by atoms with Gasteiger partial charge in [0, 0.05) is 48.5 Å². The molecule has 776 valence electrons. The van der Waals surface area contributed by atoms with Gasteiger partial charge in [0.2, 0.25) is 0 Å². The second kappa shape index (κ2) is 52.7. The van der Waals surface area contributed by atoms with E-state index in [2.05, 4.69) is 0 Å². The first-order valence-corrected chi connectivity index (χ1v) is 49.0. The van der Waals surface area contributed by atoms with Crippen LogP contribution in [0, 0.1) is 0 Å². The number of carbonyl (C=O) groups is 9. The first-order chi connectivity index (χ1) is 70.6. The van der Waals surface area contributed by atoms with Crippen LogP contribution in [0.1, 0.15) is 121 Å². The maximum Gasteiger partial charge on any atom is 0.303 e. The molecule has 25 atom stereocenters.